The molecular weight excluding hydrogens is 319 g/mol. The number of nitrogen functional groups attached to an aromatic ring is 1. The van der Waals surface area contributed by atoms with Gasteiger partial charge in [0.25, 0.3) is 0 Å². The van der Waals surface area contributed by atoms with Crippen molar-refractivity contribution in [3.8, 4) is 0 Å². The Morgan fingerprint density at radius 2 is 2.09 bits per heavy atom. The zero-order chi connectivity index (χ0) is 13.9. The van der Waals surface area contributed by atoms with E-state index in [9.17, 15) is 0 Å². The number of nitrogens with two attached hydrogens (primary N) is 1. The van der Waals surface area contributed by atoms with Crippen LogP contribution in [0.3, 0.4) is 0 Å². The van der Waals surface area contributed by atoms with Gasteiger partial charge in [-0.15, -0.1) is 24.8 Å². The second-order valence-corrected chi connectivity index (χ2v) is 5.70. The molecule has 0 aliphatic carbocycles. The number of aryl methyl sites for hydroxylation is 1. The number of aromatic nitrogens is 2. The molecule has 1 aromatic heterocycles. The maximum atomic E-state index is 5.86. The molecule has 1 unspecified atom stereocenters. The van der Waals surface area contributed by atoms with Crippen molar-refractivity contribution in [1.82, 2.24) is 14.7 Å². The fourth-order valence-electron chi connectivity index (χ4n) is 3.17. The summed E-state index contributed by atoms with van der Waals surface area (Å²) in [5.74, 6) is 0.595. The third-order valence-electron chi connectivity index (χ3n) is 4.14. The van der Waals surface area contributed by atoms with E-state index in [1.165, 1.54) is 30.6 Å². The van der Waals surface area contributed by atoms with Crippen molar-refractivity contribution in [2.75, 3.05) is 18.8 Å². The van der Waals surface area contributed by atoms with Crippen LogP contribution in [0, 0.1) is 0 Å². The lowest BCUT2D eigenvalue weighted by atomic mass is 9.94. The standard InChI is InChI=1S/C16H22N4.2ClH/c1-19-16(7-8-18-19)14-5-3-9-20(12-14)11-13-4-2-6-15(17)10-13;;/h2,4,6-8,10,14H,3,5,9,11-12,17H2,1H3;2*1H. The number of nitrogens with zero attached hydrogens (tertiary/aromatic N) is 3. The molecule has 4 nitrogen and oxygen atoms in total. The van der Waals surface area contributed by atoms with E-state index >= 15 is 0 Å². The zero-order valence-electron chi connectivity index (χ0n) is 12.8. The van der Waals surface area contributed by atoms with Crippen LogP contribution in [0.2, 0.25) is 0 Å². The lowest BCUT2D eigenvalue weighted by molar-refractivity contribution is 0.196. The van der Waals surface area contributed by atoms with Crippen molar-refractivity contribution in [2.24, 2.45) is 7.05 Å². The number of likely N-dealkylation sites (tertiary alicyclic amines) is 1. The average molecular weight is 343 g/mol. The molecule has 0 amide bonds. The first-order valence-corrected chi connectivity index (χ1v) is 7.27. The molecule has 1 atom stereocenters. The van der Waals surface area contributed by atoms with Gasteiger partial charge in [0, 0.05) is 43.6 Å². The number of piperidine rings is 1. The maximum Gasteiger partial charge on any atom is 0.0492 e. The number of halogens is 2. The summed E-state index contributed by atoms with van der Waals surface area (Å²) in [7, 11) is 2.03. The summed E-state index contributed by atoms with van der Waals surface area (Å²) in [6, 6.07) is 10.4. The van der Waals surface area contributed by atoms with E-state index in [0.29, 0.717) is 5.92 Å². The van der Waals surface area contributed by atoms with Gasteiger partial charge in [-0.1, -0.05) is 12.1 Å². The van der Waals surface area contributed by atoms with Gasteiger partial charge in [-0.25, -0.2) is 0 Å². The van der Waals surface area contributed by atoms with Gasteiger partial charge in [0.1, 0.15) is 0 Å². The maximum absolute atomic E-state index is 5.86. The molecule has 2 heterocycles. The van der Waals surface area contributed by atoms with E-state index in [-0.39, 0.29) is 24.8 Å². The molecule has 3 rings (SSSR count). The van der Waals surface area contributed by atoms with Crippen LogP contribution in [0.5, 0.6) is 0 Å². The molecule has 1 aliphatic rings. The molecule has 2 N–H and O–H groups in total. The van der Waals surface area contributed by atoms with E-state index < -0.39 is 0 Å². The molecule has 6 heteroatoms. The second kappa shape index (κ2) is 8.42. The zero-order valence-corrected chi connectivity index (χ0v) is 14.4. The Morgan fingerprint density at radius 1 is 1.27 bits per heavy atom. The minimum absolute atomic E-state index is 0. The van der Waals surface area contributed by atoms with Crippen molar-refractivity contribution >= 4 is 30.5 Å². The number of hydrogen-bond donors (Lipinski definition) is 1. The van der Waals surface area contributed by atoms with Crippen molar-refractivity contribution in [3.05, 3.63) is 47.8 Å². The van der Waals surface area contributed by atoms with E-state index in [2.05, 4.69) is 28.2 Å². The minimum atomic E-state index is 0. The summed E-state index contributed by atoms with van der Waals surface area (Å²) in [5.41, 5.74) is 9.36. The van der Waals surface area contributed by atoms with Crippen molar-refractivity contribution < 1.29 is 0 Å². The van der Waals surface area contributed by atoms with Crippen LogP contribution < -0.4 is 5.73 Å². The van der Waals surface area contributed by atoms with E-state index in [1.807, 2.05) is 30.1 Å². The first-order valence-electron chi connectivity index (χ1n) is 7.27. The number of anilines is 1. The number of hydrogen-bond acceptors (Lipinski definition) is 3. The molecule has 1 fully saturated rings. The molecule has 22 heavy (non-hydrogen) atoms. The van der Waals surface area contributed by atoms with Crippen LogP contribution in [0.4, 0.5) is 5.69 Å². The quantitative estimate of drug-likeness (QED) is 0.871. The summed E-state index contributed by atoms with van der Waals surface area (Å²) in [5, 5.41) is 4.29. The highest BCUT2D eigenvalue weighted by atomic mass is 35.5. The lowest BCUT2D eigenvalue weighted by Crippen LogP contribution is -2.34. The Labute approximate surface area is 144 Å². The first kappa shape index (κ1) is 18.8. The summed E-state index contributed by atoms with van der Waals surface area (Å²) >= 11 is 0. The van der Waals surface area contributed by atoms with Crippen LogP contribution in [0.25, 0.3) is 0 Å². The van der Waals surface area contributed by atoms with Crippen molar-refractivity contribution in [3.63, 3.8) is 0 Å². The molecule has 122 valence electrons. The SMILES string of the molecule is Cl.Cl.Cn1nccc1C1CCCN(Cc2cccc(N)c2)C1. The van der Waals surface area contributed by atoms with Crippen LogP contribution in [0.15, 0.2) is 36.5 Å². The van der Waals surface area contributed by atoms with Crippen molar-refractivity contribution in [2.45, 2.75) is 25.3 Å². The smallest absolute Gasteiger partial charge is 0.0492 e. The normalized spacial score (nSPS) is 18.3. The van der Waals surface area contributed by atoms with Crippen LogP contribution in [-0.4, -0.2) is 27.8 Å². The molecule has 0 bridgehead atoms. The molecule has 1 saturated heterocycles. The highest BCUT2D eigenvalue weighted by Gasteiger charge is 2.23. The summed E-state index contributed by atoms with van der Waals surface area (Å²) in [4.78, 5) is 2.52. The van der Waals surface area contributed by atoms with Gasteiger partial charge in [0.2, 0.25) is 0 Å². The van der Waals surface area contributed by atoms with Crippen molar-refractivity contribution in [1.29, 1.82) is 0 Å². The van der Waals surface area contributed by atoms with Crippen LogP contribution in [-0.2, 0) is 13.6 Å². The molecule has 0 spiro atoms. The Balaban J connectivity index is 0.00000121. The molecule has 0 saturated carbocycles. The van der Waals surface area contributed by atoms with Gasteiger partial charge in [-0.05, 0) is 43.1 Å². The van der Waals surface area contributed by atoms with Gasteiger partial charge in [0.05, 0.1) is 0 Å². The lowest BCUT2D eigenvalue weighted by Gasteiger charge is -2.32. The summed E-state index contributed by atoms with van der Waals surface area (Å²) in [6.07, 6.45) is 4.40. The number of benzene rings is 1. The van der Waals surface area contributed by atoms with Gasteiger partial charge in [-0.3, -0.25) is 9.58 Å². The first-order chi connectivity index (χ1) is 9.72. The largest absolute Gasteiger partial charge is 0.399 e. The number of rotatable bonds is 3. The average Bonchev–Trinajstić information content (AvgIpc) is 2.85. The molecule has 1 aromatic carbocycles. The summed E-state index contributed by atoms with van der Waals surface area (Å²) in [6.45, 7) is 3.26. The predicted molar refractivity (Wildman–Crippen MR) is 95.8 cm³/mol. The summed E-state index contributed by atoms with van der Waals surface area (Å²) < 4.78 is 2.01. The molecule has 2 aromatic rings. The van der Waals surface area contributed by atoms with Gasteiger partial charge in [0.15, 0.2) is 0 Å². The van der Waals surface area contributed by atoms with Crippen LogP contribution >= 0.6 is 24.8 Å². The second-order valence-electron chi connectivity index (χ2n) is 5.70. The highest BCUT2D eigenvalue weighted by Crippen LogP contribution is 2.27. The van der Waals surface area contributed by atoms with Crippen LogP contribution in [0.1, 0.15) is 30.0 Å². The Bertz CT molecular complexity index is 585. The Kier molecular flexibility index (Phi) is 7.20. The van der Waals surface area contributed by atoms with Gasteiger partial charge < -0.3 is 5.73 Å². The van der Waals surface area contributed by atoms with E-state index in [0.717, 1.165) is 18.8 Å². The Hall–Kier alpha value is -1.23. The molecule has 0 radical (unpaired) electrons. The fourth-order valence-corrected chi connectivity index (χ4v) is 3.17. The third kappa shape index (κ3) is 4.38. The minimum Gasteiger partial charge on any atom is -0.399 e. The van der Waals surface area contributed by atoms with E-state index in [4.69, 9.17) is 5.73 Å². The molecular formula is C16H24Cl2N4. The Morgan fingerprint density at radius 3 is 2.77 bits per heavy atom. The van der Waals surface area contributed by atoms with E-state index in [1.54, 1.807) is 0 Å². The third-order valence-corrected chi connectivity index (χ3v) is 4.14. The van der Waals surface area contributed by atoms with Gasteiger partial charge >= 0.3 is 0 Å². The molecule has 1 aliphatic heterocycles. The predicted octanol–water partition coefficient (Wildman–Crippen LogP) is 3.23. The van der Waals surface area contributed by atoms with Gasteiger partial charge in [-0.2, -0.15) is 5.10 Å². The highest BCUT2D eigenvalue weighted by molar-refractivity contribution is 5.85. The fraction of sp³-hybridized carbons (Fsp3) is 0.438. The monoisotopic (exact) mass is 342 g/mol. The topological polar surface area (TPSA) is 47.1 Å².